The summed E-state index contributed by atoms with van der Waals surface area (Å²) in [5, 5.41) is 4.12. The highest BCUT2D eigenvalue weighted by Gasteiger charge is 2.29. The van der Waals surface area contributed by atoms with E-state index < -0.39 is 0 Å². The molecule has 4 rings (SSSR count). The third-order valence-corrected chi connectivity index (χ3v) is 4.22. The predicted octanol–water partition coefficient (Wildman–Crippen LogP) is 3.84. The smallest absolute Gasteiger partial charge is 0.266 e. The lowest BCUT2D eigenvalue weighted by atomic mass is 10.1. The highest BCUT2D eigenvalue weighted by atomic mass is 19.1. The molecule has 6 heteroatoms. The molecule has 128 valence electrons. The van der Waals surface area contributed by atoms with Gasteiger partial charge in [0.25, 0.3) is 11.8 Å². The van der Waals surface area contributed by atoms with Crippen molar-refractivity contribution in [2.24, 2.45) is 0 Å². The second-order valence-electron chi connectivity index (χ2n) is 6.16. The van der Waals surface area contributed by atoms with E-state index in [1.807, 2.05) is 42.2 Å². The van der Waals surface area contributed by atoms with Crippen molar-refractivity contribution < 1.29 is 13.7 Å². The lowest BCUT2D eigenvalue weighted by molar-refractivity contribution is -0.0179. The van der Waals surface area contributed by atoms with Crippen LogP contribution in [0.1, 0.15) is 18.6 Å². The molecular weight excluding hydrogens is 321 g/mol. The second kappa shape index (κ2) is 6.64. The van der Waals surface area contributed by atoms with Gasteiger partial charge in [0.2, 0.25) is 0 Å². The largest absolute Gasteiger partial charge is 0.367 e. The molecule has 1 aliphatic rings. The monoisotopic (exact) mass is 339 g/mol. The zero-order valence-corrected chi connectivity index (χ0v) is 13.8. The molecule has 0 bridgehead atoms. The van der Waals surface area contributed by atoms with Crippen LogP contribution in [0.5, 0.6) is 0 Å². The molecule has 0 amide bonds. The number of morpholine rings is 1. The first-order valence-electron chi connectivity index (χ1n) is 8.24. The van der Waals surface area contributed by atoms with Gasteiger partial charge in [0.15, 0.2) is 0 Å². The van der Waals surface area contributed by atoms with Crippen molar-refractivity contribution in [3.8, 4) is 11.5 Å². The van der Waals surface area contributed by atoms with Gasteiger partial charge in [-0.3, -0.25) is 0 Å². The van der Waals surface area contributed by atoms with Crippen LogP contribution in [-0.2, 0) is 4.74 Å². The summed E-state index contributed by atoms with van der Waals surface area (Å²) >= 11 is 0. The van der Waals surface area contributed by atoms with E-state index in [2.05, 4.69) is 10.1 Å². The summed E-state index contributed by atoms with van der Waals surface area (Å²) in [4.78, 5) is 6.55. The van der Waals surface area contributed by atoms with Gasteiger partial charge in [-0.25, -0.2) is 4.39 Å². The molecule has 2 heterocycles. The molecule has 1 saturated heterocycles. The predicted molar refractivity (Wildman–Crippen MR) is 91.6 cm³/mol. The summed E-state index contributed by atoms with van der Waals surface area (Å²) in [5.74, 6) is 0.782. The van der Waals surface area contributed by atoms with E-state index in [4.69, 9.17) is 9.26 Å². The zero-order chi connectivity index (χ0) is 17.2. The molecular formula is C19H18FN3O2. The Morgan fingerprint density at radius 2 is 1.80 bits per heavy atom. The Kier molecular flexibility index (Phi) is 4.19. The van der Waals surface area contributed by atoms with E-state index >= 15 is 0 Å². The van der Waals surface area contributed by atoms with Crippen LogP contribution in [-0.4, -0.2) is 29.3 Å². The Morgan fingerprint density at radius 3 is 2.56 bits per heavy atom. The van der Waals surface area contributed by atoms with Gasteiger partial charge in [-0.2, -0.15) is 4.98 Å². The van der Waals surface area contributed by atoms with Crippen molar-refractivity contribution in [3.05, 3.63) is 66.0 Å². The molecule has 0 saturated carbocycles. The van der Waals surface area contributed by atoms with Crippen LogP contribution in [0.2, 0.25) is 0 Å². The second-order valence-corrected chi connectivity index (χ2v) is 6.16. The summed E-state index contributed by atoms with van der Waals surface area (Å²) < 4.78 is 24.6. The van der Waals surface area contributed by atoms with Gasteiger partial charge in [0.1, 0.15) is 11.9 Å². The maximum absolute atomic E-state index is 13.2. The Morgan fingerprint density at radius 1 is 1.04 bits per heavy atom. The average molecular weight is 339 g/mol. The minimum absolute atomic E-state index is 0.00229. The minimum atomic E-state index is -0.255. The number of halogens is 1. The topological polar surface area (TPSA) is 51.4 Å². The zero-order valence-electron chi connectivity index (χ0n) is 13.8. The number of benzene rings is 2. The van der Waals surface area contributed by atoms with Crippen molar-refractivity contribution in [1.82, 2.24) is 10.1 Å². The van der Waals surface area contributed by atoms with Gasteiger partial charge in [0, 0.05) is 12.1 Å². The summed E-state index contributed by atoms with van der Waals surface area (Å²) in [6.45, 7) is 3.26. The molecule has 2 unspecified atom stereocenters. The van der Waals surface area contributed by atoms with Gasteiger partial charge < -0.3 is 14.2 Å². The molecule has 0 radical (unpaired) electrons. The van der Waals surface area contributed by atoms with E-state index in [1.165, 1.54) is 12.1 Å². The fourth-order valence-corrected chi connectivity index (χ4v) is 3.02. The average Bonchev–Trinajstić information content (AvgIpc) is 3.13. The number of hydrogen-bond donors (Lipinski definition) is 0. The van der Waals surface area contributed by atoms with E-state index in [9.17, 15) is 4.39 Å². The van der Waals surface area contributed by atoms with E-state index in [1.54, 1.807) is 12.1 Å². The standard InChI is InChI=1S/C19H18FN3O2/c1-13-11-23(12-17(24-13)14-7-9-16(20)10-8-14)19-21-18(25-22-19)15-5-3-2-4-6-15/h2-10,13,17H,11-12H2,1H3. The third-order valence-electron chi connectivity index (χ3n) is 4.22. The van der Waals surface area contributed by atoms with E-state index in [0.717, 1.165) is 11.1 Å². The van der Waals surface area contributed by atoms with Crippen molar-refractivity contribution in [2.45, 2.75) is 19.1 Å². The first-order chi connectivity index (χ1) is 12.2. The van der Waals surface area contributed by atoms with Crippen LogP contribution >= 0.6 is 0 Å². The molecule has 2 aromatic carbocycles. The number of anilines is 1. The van der Waals surface area contributed by atoms with Crippen LogP contribution in [0.25, 0.3) is 11.5 Å². The third kappa shape index (κ3) is 3.39. The SMILES string of the molecule is CC1CN(c2noc(-c3ccccc3)n2)CC(c2ccc(F)cc2)O1. The first kappa shape index (κ1) is 15.8. The molecule has 1 aromatic heterocycles. The lowest BCUT2D eigenvalue weighted by Crippen LogP contribution is -2.43. The Labute approximate surface area is 145 Å². The quantitative estimate of drug-likeness (QED) is 0.726. The number of nitrogens with zero attached hydrogens (tertiary/aromatic N) is 3. The van der Waals surface area contributed by atoms with E-state index in [0.29, 0.717) is 24.9 Å². The first-order valence-corrected chi connectivity index (χ1v) is 8.24. The molecule has 0 N–H and O–H groups in total. The van der Waals surface area contributed by atoms with Gasteiger partial charge in [-0.05, 0) is 41.9 Å². The summed E-state index contributed by atoms with van der Waals surface area (Å²) in [6, 6.07) is 16.1. The van der Waals surface area contributed by atoms with Gasteiger partial charge in [0.05, 0.1) is 12.6 Å². The molecule has 3 aromatic rings. The minimum Gasteiger partial charge on any atom is -0.367 e. The van der Waals surface area contributed by atoms with Crippen molar-refractivity contribution in [2.75, 3.05) is 18.0 Å². The van der Waals surface area contributed by atoms with Crippen LogP contribution < -0.4 is 4.90 Å². The van der Waals surface area contributed by atoms with Crippen LogP contribution in [0.15, 0.2) is 59.1 Å². The maximum atomic E-state index is 13.2. The lowest BCUT2D eigenvalue weighted by Gasteiger charge is -2.36. The Bertz CT molecular complexity index is 835. The van der Waals surface area contributed by atoms with Gasteiger partial charge in [-0.15, -0.1) is 0 Å². The number of rotatable bonds is 3. The Hall–Kier alpha value is -2.73. The molecule has 25 heavy (non-hydrogen) atoms. The van der Waals surface area contributed by atoms with Gasteiger partial charge in [-0.1, -0.05) is 30.3 Å². The van der Waals surface area contributed by atoms with E-state index in [-0.39, 0.29) is 18.0 Å². The number of ether oxygens (including phenoxy) is 1. The highest BCUT2D eigenvalue weighted by molar-refractivity contribution is 5.54. The fourth-order valence-electron chi connectivity index (χ4n) is 3.02. The summed E-state index contributed by atoms with van der Waals surface area (Å²) in [7, 11) is 0. The van der Waals surface area contributed by atoms with Crippen molar-refractivity contribution in [1.29, 1.82) is 0 Å². The van der Waals surface area contributed by atoms with Crippen LogP contribution in [0, 0.1) is 5.82 Å². The van der Waals surface area contributed by atoms with Crippen LogP contribution in [0.4, 0.5) is 10.3 Å². The Balaban J connectivity index is 1.56. The van der Waals surface area contributed by atoms with Crippen molar-refractivity contribution in [3.63, 3.8) is 0 Å². The maximum Gasteiger partial charge on any atom is 0.266 e. The molecule has 2 atom stereocenters. The molecule has 0 spiro atoms. The normalized spacial score (nSPS) is 20.6. The molecule has 1 fully saturated rings. The molecule has 0 aliphatic carbocycles. The molecule has 1 aliphatic heterocycles. The number of aromatic nitrogens is 2. The fraction of sp³-hybridized carbons (Fsp3) is 0.263. The number of hydrogen-bond acceptors (Lipinski definition) is 5. The highest BCUT2D eigenvalue weighted by Crippen LogP contribution is 2.28. The molecule has 5 nitrogen and oxygen atoms in total. The summed E-state index contributed by atoms with van der Waals surface area (Å²) in [6.07, 6.45) is -0.162. The van der Waals surface area contributed by atoms with Crippen LogP contribution in [0.3, 0.4) is 0 Å². The van der Waals surface area contributed by atoms with Crippen molar-refractivity contribution >= 4 is 5.95 Å². The summed E-state index contributed by atoms with van der Waals surface area (Å²) in [5.41, 5.74) is 1.82. The van der Waals surface area contributed by atoms with Gasteiger partial charge >= 0.3 is 0 Å².